The summed E-state index contributed by atoms with van der Waals surface area (Å²) in [5, 5.41) is 0. The molecule has 0 saturated heterocycles. The highest BCUT2D eigenvalue weighted by atomic mass is 16.5. The third kappa shape index (κ3) is 3.26. The number of hydrogen-bond donors (Lipinski definition) is 1. The average Bonchev–Trinajstić information content (AvgIpc) is 2.55. The number of benzene rings is 2. The van der Waals surface area contributed by atoms with E-state index in [0.29, 0.717) is 12.3 Å². The van der Waals surface area contributed by atoms with E-state index < -0.39 is 0 Å². The molecule has 0 aliphatic rings. The van der Waals surface area contributed by atoms with Crippen LogP contribution in [0.3, 0.4) is 0 Å². The summed E-state index contributed by atoms with van der Waals surface area (Å²) in [5.74, 6) is 0.773. The van der Waals surface area contributed by atoms with E-state index in [1.165, 1.54) is 0 Å². The molecule has 3 rings (SSSR count). The zero-order valence-electron chi connectivity index (χ0n) is 12.5. The molecule has 22 heavy (non-hydrogen) atoms. The van der Waals surface area contributed by atoms with E-state index in [4.69, 9.17) is 10.5 Å². The fourth-order valence-electron chi connectivity index (χ4n) is 2.26. The van der Waals surface area contributed by atoms with Crippen LogP contribution >= 0.6 is 0 Å². The van der Waals surface area contributed by atoms with Gasteiger partial charge in [0.1, 0.15) is 12.4 Å². The molecule has 0 aliphatic heterocycles. The molecule has 3 heteroatoms. The molecular formula is C19H18N2O. The van der Waals surface area contributed by atoms with Crippen molar-refractivity contribution in [3.05, 3.63) is 78.1 Å². The molecular weight excluding hydrogens is 272 g/mol. The second-order valence-corrected chi connectivity index (χ2v) is 5.22. The predicted octanol–water partition coefficient (Wildman–Crippen LogP) is 4.22. The normalized spacial score (nSPS) is 10.4. The highest BCUT2D eigenvalue weighted by molar-refractivity contribution is 5.72. The van der Waals surface area contributed by atoms with Gasteiger partial charge in [0.15, 0.2) is 0 Å². The first kappa shape index (κ1) is 14.1. The number of anilines is 1. The zero-order valence-corrected chi connectivity index (χ0v) is 12.5. The summed E-state index contributed by atoms with van der Waals surface area (Å²) in [6.45, 7) is 2.48. The minimum atomic E-state index is 0.510. The standard InChI is InChI=1S/C19H18N2O/c1-14-7-8-16(12-21-14)18-10-9-17(20)11-19(18)22-13-15-5-3-2-4-6-15/h2-12H,13,20H2,1H3. The second-order valence-electron chi connectivity index (χ2n) is 5.22. The summed E-state index contributed by atoms with van der Waals surface area (Å²) in [4.78, 5) is 4.35. The van der Waals surface area contributed by atoms with Crippen LogP contribution < -0.4 is 10.5 Å². The Balaban J connectivity index is 1.89. The fourth-order valence-corrected chi connectivity index (χ4v) is 2.26. The van der Waals surface area contributed by atoms with Crippen LogP contribution in [0.2, 0.25) is 0 Å². The third-order valence-electron chi connectivity index (χ3n) is 3.47. The van der Waals surface area contributed by atoms with E-state index in [-0.39, 0.29) is 0 Å². The van der Waals surface area contributed by atoms with Gasteiger partial charge in [-0.1, -0.05) is 36.4 Å². The molecule has 0 saturated carbocycles. The van der Waals surface area contributed by atoms with Gasteiger partial charge in [0.05, 0.1) is 0 Å². The Morgan fingerprint density at radius 1 is 1.00 bits per heavy atom. The first-order valence-corrected chi connectivity index (χ1v) is 7.21. The Labute approximate surface area is 130 Å². The topological polar surface area (TPSA) is 48.1 Å². The molecule has 2 N–H and O–H groups in total. The van der Waals surface area contributed by atoms with E-state index in [1.807, 2.05) is 73.8 Å². The van der Waals surface area contributed by atoms with Gasteiger partial charge in [0, 0.05) is 34.8 Å². The van der Waals surface area contributed by atoms with E-state index in [1.54, 1.807) is 0 Å². The van der Waals surface area contributed by atoms with Crippen LogP contribution in [0, 0.1) is 6.92 Å². The summed E-state index contributed by atoms with van der Waals surface area (Å²) >= 11 is 0. The molecule has 0 radical (unpaired) electrons. The van der Waals surface area contributed by atoms with Gasteiger partial charge in [-0.05, 0) is 30.7 Å². The molecule has 0 spiro atoms. The molecule has 1 aromatic heterocycles. The molecule has 0 aliphatic carbocycles. The van der Waals surface area contributed by atoms with Crippen LogP contribution in [-0.4, -0.2) is 4.98 Å². The lowest BCUT2D eigenvalue weighted by atomic mass is 10.1. The van der Waals surface area contributed by atoms with Gasteiger partial charge >= 0.3 is 0 Å². The lowest BCUT2D eigenvalue weighted by Crippen LogP contribution is -1.98. The molecule has 2 aromatic carbocycles. The van der Waals surface area contributed by atoms with Crippen molar-refractivity contribution in [1.82, 2.24) is 4.98 Å². The number of nitrogen functional groups attached to an aromatic ring is 1. The van der Waals surface area contributed by atoms with E-state index in [9.17, 15) is 0 Å². The monoisotopic (exact) mass is 290 g/mol. The van der Waals surface area contributed by atoms with Gasteiger partial charge in [0.25, 0.3) is 0 Å². The van der Waals surface area contributed by atoms with Gasteiger partial charge in [-0.15, -0.1) is 0 Å². The summed E-state index contributed by atoms with van der Waals surface area (Å²) in [6, 6.07) is 19.8. The Bertz CT molecular complexity index is 752. The van der Waals surface area contributed by atoms with Gasteiger partial charge in [-0.25, -0.2) is 0 Å². The van der Waals surface area contributed by atoms with Crippen molar-refractivity contribution in [3.63, 3.8) is 0 Å². The number of nitrogens with zero attached hydrogens (tertiary/aromatic N) is 1. The molecule has 0 amide bonds. The summed E-state index contributed by atoms with van der Waals surface area (Å²) in [7, 11) is 0. The van der Waals surface area contributed by atoms with Crippen molar-refractivity contribution in [2.45, 2.75) is 13.5 Å². The summed E-state index contributed by atoms with van der Waals surface area (Å²) in [5.41, 5.74) is 10.7. The molecule has 0 unspecified atom stereocenters. The lowest BCUT2D eigenvalue weighted by molar-refractivity contribution is 0.307. The number of hydrogen-bond acceptors (Lipinski definition) is 3. The largest absolute Gasteiger partial charge is 0.488 e. The van der Waals surface area contributed by atoms with Crippen molar-refractivity contribution in [2.75, 3.05) is 5.73 Å². The van der Waals surface area contributed by atoms with Gasteiger partial charge < -0.3 is 10.5 Å². The summed E-state index contributed by atoms with van der Waals surface area (Å²) < 4.78 is 5.98. The van der Waals surface area contributed by atoms with Crippen LogP contribution in [0.25, 0.3) is 11.1 Å². The van der Waals surface area contributed by atoms with Crippen LogP contribution in [-0.2, 0) is 6.61 Å². The molecule has 0 bridgehead atoms. The van der Waals surface area contributed by atoms with Crippen LogP contribution in [0.1, 0.15) is 11.3 Å². The number of aryl methyl sites for hydroxylation is 1. The van der Waals surface area contributed by atoms with Crippen LogP contribution in [0.5, 0.6) is 5.75 Å². The number of aromatic nitrogens is 1. The first-order chi connectivity index (χ1) is 10.7. The van der Waals surface area contributed by atoms with E-state index >= 15 is 0 Å². The van der Waals surface area contributed by atoms with Crippen molar-refractivity contribution in [1.29, 1.82) is 0 Å². The SMILES string of the molecule is Cc1ccc(-c2ccc(N)cc2OCc2ccccc2)cn1. The maximum atomic E-state index is 5.98. The number of nitrogens with two attached hydrogens (primary N) is 1. The highest BCUT2D eigenvalue weighted by Crippen LogP contribution is 2.32. The van der Waals surface area contributed by atoms with Crippen LogP contribution in [0.15, 0.2) is 66.9 Å². The van der Waals surface area contributed by atoms with Crippen molar-refractivity contribution >= 4 is 5.69 Å². The predicted molar refractivity (Wildman–Crippen MR) is 89.6 cm³/mol. The number of pyridine rings is 1. The number of ether oxygens (including phenoxy) is 1. The van der Waals surface area contributed by atoms with Gasteiger partial charge in [-0.3, -0.25) is 4.98 Å². The molecule has 1 heterocycles. The minimum absolute atomic E-state index is 0.510. The molecule has 3 nitrogen and oxygen atoms in total. The van der Waals surface area contributed by atoms with Gasteiger partial charge in [-0.2, -0.15) is 0 Å². The average molecular weight is 290 g/mol. The molecule has 110 valence electrons. The molecule has 0 atom stereocenters. The first-order valence-electron chi connectivity index (χ1n) is 7.21. The lowest BCUT2D eigenvalue weighted by Gasteiger charge is -2.13. The molecule has 3 aromatic rings. The maximum Gasteiger partial charge on any atom is 0.129 e. The maximum absolute atomic E-state index is 5.98. The Morgan fingerprint density at radius 2 is 1.82 bits per heavy atom. The highest BCUT2D eigenvalue weighted by Gasteiger charge is 2.08. The molecule has 0 fully saturated rings. The second kappa shape index (κ2) is 6.31. The Hall–Kier alpha value is -2.81. The third-order valence-corrected chi connectivity index (χ3v) is 3.47. The van der Waals surface area contributed by atoms with E-state index in [0.717, 1.165) is 28.1 Å². The Morgan fingerprint density at radius 3 is 2.55 bits per heavy atom. The van der Waals surface area contributed by atoms with E-state index in [2.05, 4.69) is 4.98 Å². The van der Waals surface area contributed by atoms with Crippen molar-refractivity contribution < 1.29 is 4.74 Å². The fraction of sp³-hybridized carbons (Fsp3) is 0.105. The van der Waals surface area contributed by atoms with Crippen molar-refractivity contribution in [3.8, 4) is 16.9 Å². The van der Waals surface area contributed by atoms with Crippen molar-refractivity contribution in [2.24, 2.45) is 0 Å². The van der Waals surface area contributed by atoms with Gasteiger partial charge in [0.2, 0.25) is 0 Å². The zero-order chi connectivity index (χ0) is 15.4. The number of rotatable bonds is 4. The quantitative estimate of drug-likeness (QED) is 0.732. The minimum Gasteiger partial charge on any atom is -0.488 e. The Kier molecular flexibility index (Phi) is 4.05. The summed E-state index contributed by atoms with van der Waals surface area (Å²) in [6.07, 6.45) is 1.86. The van der Waals surface area contributed by atoms with Crippen LogP contribution in [0.4, 0.5) is 5.69 Å². The smallest absolute Gasteiger partial charge is 0.129 e.